The first-order chi connectivity index (χ1) is 11.4. The van der Waals surface area contributed by atoms with Gasteiger partial charge in [0.25, 0.3) is 0 Å². The summed E-state index contributed by atoms with van der Waals surface area (Å²) in [6.07, 6.45) is 0. The van der Waals surface area contributed by atoms with E-state index < -0.39 is 0 Å². The summed E-state index contributed by atoms with van der Waals surface area (Å²) in [4.78, 5) is 4.34. The van der Waals surface area contributed by atoms with E-state index in [1.54, 1.807) is 7.05 Å². The number of rotatable bonds is 5. The highest BCUT2D eigenvalue weighted by Crippen LogP contribution is 2.22. The van der Waals surface area contributed by atoms with E-state index >= 15 is 0 Å². The quantitative estimate of drug-likeness (QED) is 0.401. The lowest BCUT2D eigenvalue weighted by atomic mass is 9.99. The first-order valence-electron chi connectivity index (χ1n) is 8.39. The first kappa shape index (κ1) is 21.5. The SMILES string of the molecule is CN=C(NCC(C)c1c(C)noc1C)NC(C)c1ccccc1C.I. The fourth-order valence-corrected chi connectivity index (χ4v) is 3.10. The molecule has 138 valence electrons. The molecule has 1 aromatic heterocycles. The third-order valence-electron chi connectivity index (χ3n) is 4.39. The predicted octanol–water partition coefficient (Wildman–Crippen LogP) is 4.25. The standard InChI is InChI=1S/C19H28N4O.HI/c1-12-9-7-8-10-17(12)14(3)22-19(20-6)21-11-13(2)18-15(4)23-24-16(18)5;/h7-10,13-14H,11H2,1-6H3,(H2,20,21,22);1H. The van der Waals surface area contributed by atoms with Crippen LogP contribution in [0, 0.1) is 20.8 Å². The topological polar surface area (TPSA) is 62.5 Å². The lowest BCUT2D eigenvalue weighted by Crippen LogP contribution is -2.40. The van der Waals surface area contributed by atoms with Crippen molar-refractivity contribution in [2.45, 2.75) is 46.6 Å². The van der Waals surface area contributed by atoms with Crippen molar-refractivity contribution >= 4 is 29.9 Å². The second-order valence-electron chi connectivity index (χ2n) is 6.31. The average molecular weight is 456 g/mol. The maximum absolute atomic E-state index is 5.26. The number of aryl methyl sites for hydroxylation is 3. The summed E-state index contributed by atoms with van der Waals surface area (Å²) in [7, 11) is 1.79. The van der Waals surface area contributed by atoms with Gasteiger partial charge in [-0.15, -0.1) is 24.0 Å². The van der Waals surface area contributed by atoms with Crippen LogP contribution in [0.1, 0.15) is 54.0 Å². The Morgan fingerprint density at radius 1 is 1.20 bits per heavy atom. The Morgan fingerprint density at radius 3 is 2.44 bits per heavy atom. The molecular formula is C19H29IN4O. The molecule has 2 aromatic rings. The van der Waals surface area contributed by atoms with Crippen LogP contribution < -0.4 is 10.6 Å². The molecule has 5 nitrogen and oxygen atoms in total. The molecule has 0 saturated carbocycles. The summed E-state index contributed by atoms with van der Waals surface area (Å²) in [5.41, 5.74) is 4.68. The van der Waals surface area contributed by atoms with Crippen molar-refractivity contribution in [3.05, 3.63) is 52.4 Å². The molecule has 0 bridgehead atoms. The highest BCUT2D eigenvalue weighted by Gasteiger charge is 2.17. The molecule has 6 heteroatoms. The largest absolute Gasteiger partial charge is 0.361 e. The molecule has 0 aliphatic heterocycles. The minimum atomic E-state index is 0. The van der Waals surface area contributed by atoms with Crippen molar-refractivity contribution in [1.29, 1.82) is 0 Å². The molecular weight excluding hydrogens is 427 g/mol. The lowest BCUT2D eigenvalue weighted by Gasteiger charge is -2.21. The maximum atomic E-state index is 5.26. The number of hydrogen-bond donors (Lipinski definition) is 2. The van der Waals surface area contributed by atoms with Gasteiger partial charge in [-0.05, 0) is 38.8 Å². The van der Waals surface area contributed by atoms with Gasteiger partial charge >= 0.3 is 0 Å². The molecule has 0 radical (unpaired) electrons. The first-order valence-corrected chi connectivity index (χ1v) is 8.39. The van der Waals surface area contributed by atoms with Crippen molar-refractivity contribution in [2.75, 3.05) is 13.6 Å². The van der Waals surface area contributed by atoms with Gasteiger partial charge in [0.15, 0.2) is 5.96 Å². The zero-order valence-electron chi connectivity index (χ0n) is 15.9. The summed E-state index contributed by atoms with van der Waals surface area (Å²) >= 11 is 0. The van der Waals surface area contributed by atoms with E-state index in [0.717, 1.165) is 24.0 Å². The number of nitrogens with one attached hydrogen (secondary N) is 2. The number of hydrogen-bond acceptors (Lipinski definition) is 3. The number of benzene rings is 1. The van der Waals surface area contributed by atoms with Crippen molar-refractivity contribution < 1.29 is 4.52 Å². The van der Waals surface area contributed by atoms with Crippen LogP contribution in [-0.4, -0.2) is 24.7 Å². The molecule has 0 fully saturated rings. The van der Waals surface area contributed by atoms with Crippen LogP contribution in [0.2, 0.25) is 0 Å². The summed E-state index contributed by atoms with van der Waals surface area (Å²) in [6.45, 7) is 11.1. The van der Waals surface area contributed by atoms with Crippen LogP contribution in [0.4, 0.5) is 0 Å². The molecule has 1 heterocycles. The fraction of sp³-hybridized carbons (Fsp3) is 0.474. The van der Waals surface area contributed by atoms with Gasteiger partial charge in [-0.2, -0.15) is 0 Å². The van der Waals surface area contributed by atoms with E-state index in [-0.39, 0.29) is 30.0 Å². The zero-order chi connectivity index (χ0) is 17.7. The van der Waals surface area contributed by atoms with E-state index in [4.69, 9.17) is 4.52 Å². The smallest absolute Gasteiger partial charge is 0.191 e. The van der Waals surface area contributed by atoms with Gasteiger partial charge in [-0.25, -0.2) is 0 Å². The Morgan fingerprint density at radius 2 is 1.88 bits per heavy atom. The second kappa shape index (κ2) is 9.79. The summed E-state index contributed by atoms with van der Waals surface area (Å²) < 4.78 is 5.26. The van der Waals surface area contributed by atoms with Crippen LogP contribution in [-0.2, 0) is 0 Å². The van der Waals surface area contributed by atoms with Gasteiger partial charge in [0.05, 0.1) is 11.7 Å². The summed E-state index contributed by atoms with van der Waals surface area (Å²) in [5.74, 6) is 1.98. The summed E-state index contributed by atoms with van der Waals surface area (Å²) in [5, 5.41) is 10.9. The zero-order valence-corrected chi connectivity index (χ0v) is 18.2. The third kappa shape index (κ3) is 5.45. The number of halogens is 1. The Balaban J connectivity index is 0.00000312. The lowest BCUT2D eigenvalue weighted by molar-refractivity contribution is 0.391. The van der Waals surface area contributed by atoms with Crippen molar-refractivity contribution in [1.82, 2.24) is 15.8 Å². The van der Waals surface area contributed by atoms with Crippen LogP contribution in [0.5, 0.6) is 0 Å². The Labute approximate surface area is 167 Å². The molecule has 2 atom stereocenters. The Hall–Kier alpha value is -1.57. The van der Waals surface area contributed by atoms with Gasteiger partial charge in [-0.3, -0.25) is 4.99 Å². The molecule has 0 aliphatic carbocycles. The fourth-order valence-electron chi connectivity index (χ4n) is 3.10. The molecule has 2 N–H and O–H groups in total. The van der Waals surface area contributed by atoms with E-state index in [0.29, 0.717) is 5.92 Å². The highest BCUT2D eigenvalue weighted by atomic mass is 127. The molecule has 0 saturated heterocycles. The third-order valence-corrected chi connectivity index (χ3v) is 4.39. The van der Waals surface area contributed by atoms with Gasteiger partial charge < -0.3 is 15.2 Å². The van der Waals surface area contributed by atoms with Gasteiger partial charge in [-0.1, -0.05) is 36.3 Å². The van der Waals surface area contributed by atoms with Crippen LogP contribution in [0.25, 0.3) is 0 Å². The van der Waals surface area contributed by atoms with E-state index in [1.807, 2.05) is 13.8 Å². The van der Waals surface area contributed by atoms with Crippen LogP contribution in [0.15, 0.2) is 33.8 Å². The molecule has 0 amide bonds. The van der Waals surface area contributed by atoms with Gasteiger partial charge in [0.2, 0.25) is 0 Å². The average Bonchev–Trinajstić information content (AvgIpc) is 2.90. The van der Waals surface area contributed by atoms with Crippen LogP contribution in [0.3, 0.4) is 0 Å². The van der Waals surface area contributed by atoms with E-state index in [1.165, 1.54) is 16.7 Å². The number of nitrogens with zero attached hydrogens (tertiary/aromatic N) is 2. The highest BCUT2D eigenvalue weighted by molar-refractivity contribution is 14.0. The molecule has 2 unspecified atom stereocenters. The Bertz CT molecular complexity index is 692. The molecule has 2 rings (SSSR count). The number of aliphatic imine (C=N–C) groups is 1. The molecule has 0 aliphatic rings. The molecule has 0 spiro atoms. The maximum Gasteiger partial charge on any atom is 0.191 e. The van der Waals surface area contributed by atoms with E-state index in [2.05, 4.69) is 65.8 Å². The van der Waals surface area contributed by atoms with Gasteiger partial charge in [0, 0.05) is 25.1 Å². The number of aromatic nitrogens is 1. The van der Waals surface area contributed by atoms with Crippen molar-refractivity contribution in [3.8, 4) is 0 Å². The minimum Gasteiger partial charge on any atom is -0.361 e. The van der Waals surface area contributed by atoms with Crippen molar-refractivity contribution in [2.24, 2.45) is 4.99 Å². The Kier molecular flexibility index (Phi) is 8.41. The number of guanidine groups is 1. The van der Waals surface area contributed by atoms with E-state index in [9.17, 15) is 0 Å². The van der Waals surface area contributed by atoms with Crippen LogP contribution >= 0.6 is 24.0 Å². The molecule has 1 aromatic carbocycles. The molecule has 25 heavy (non-hydrogen) atoms. The van der Waals surface area contributed by atoms with Gasteiger partial charge in [0.1, 0.15) is 5.76 Å². The predicted molar refractivity (Wildman–Crippen MR) is 114 cm³/mol. The minimum absolute atomic E-state index is 0. The van der Waals surface area contributed by atoms with Crippen molar-refractivity contribution in [3.63, 3.8) is 0 Å². The monoisotopic (exact) mass is 456 g/mol. The second-order valence-corrected chi connectivity index (χ2v) is 6.31. The normalized spacial score (nSPS) is 13.8. The summed E-state index contributed by atoms with van der Waals surface area (Å²) in [6, 6.07) is 8.59.